The molecular weight excluding hydrogens is 502 g/mol. The number of rotatable bonds is 8. The molecule has 208 valence electrons. The van der Waals surface area contributed by atoms with Gasteiger partial charge in [-0.05, 0) is 69.9 Å². The van der Waals surface area contributed by atoms with Crippen molar-refractivity contribution in [2.24, 2.45) is 0 Å². The molecule has 7 nitrogen and oxygen atoms in total. The molecule has 2 N–H and O–H groups in total. The first kappa shape index (κ1) is 30.0. The number of nitrogens with one attached hydrogen (secondary N) is 2. The first-order valence-corrected chi connectivity index (χ1v) is 13.2. The molecule has 0 saturated carbocycles. The number of hydrogen-bond acceptors (Lipinski definition) is 4. The largest absolute Gasteiger partial charge is 0.444 e. The van der Waals surface area contributed by atoms with E-state index in [0.717, 1.165) is 27.2 Å². The van der Waals surface area contributed by atoms with E-state index in [2.05, 4.69) is 16.7 Å². The molecule has 2 atom stereocenters. The maximum atomic E-state index is 14.1. The maximum absolute atomic E-state index is 14.1. The smallest absolute Gasteiger partial charge is 0.408 e. The van der Waals surface area contributed by atoms with Crippen LogP contribution >= 0.6 is 0 Å². The van der Waals surface area contributed by atoms with Crippen LogP contribution in [0.15, 0.2) is 72.8 Å². The fourth-order valence-corrected chi connectivity index (χ4v) is 4.30. The zero-order valence-electron chi connectivity index (χ0n) is 23.9. The van der Waals surface area contributed by atoms with Gasteiger partial charge in [0.15, 0.2) is 0 Å². The molecule has 3 rings (SSSR count). The van der Waals surface area contributed by atoms with Gasteiger partial charge in [0, 0.05) is 18.2 Å². The van der Waals surface area contributed by atoms with E-state index < -0.39 is 35.6 Å². The molecule has 3 amide bonds. The molecule has 0 aliphatic rings. The lowest BCUT2D eigenvalue weighted by molar-refractivity contribution is -0.136. The highest BCUT2D eigenvalue weighted by Gasteiger charge is 2.37. The van der Waals surface area contributed by atoms with Gasteiger partial charge in [0.2, 0.25) is 0 Å². The number of ether oxygens (including phenoxy) is 1. The quantitative estimate of drug-likeness (QED) is 0.278. The van der Waals surface area contributed by atoms with Crippen LogP contribution < -0.4 is 10.6 Å². The average Bonchev–Trinajstić information content (AvgIpc) is 2.89. The highest BCUT2D eigenvalue weighted by molar-refractivity contribution is 6.00. The van der Waals surface area contributed by atoms with Gasteiger partial charge >= 0.3 is 6.09 Å². The van der Waals surface area contributed by atoms with E-state index >= 15 is 0 Å². The highest BCUT2D eigenvalue weighted by Crippen LogP contribution is 2.28. The van der Waals surface area contributed by atoms with Crippen LogP contribution in [0, 0.1) is 33.2 Å². The minimum absolute atomic E-state index is 0.149. The number of aryl methyl sites for hydroxylation is 3. The molecule has 0 radical (unpaired) electrons. The number of terminal acetylenes is 1. The summed E-state index contributed by atoms with van der Waals surface area (Å²) >= 11 is 0. The molecule has 0 aromatic heterocycles. The summed E-state index contributed by atoms with van der Waals surface area (Å²) in [5, 5.41) is 5.63. The third kappa shape index (κ3) is 7.97. The van der Waals surface area contributed by atoms with E-state index in [0.29, 0.717) is 11.3 Å². The van der Waals surface area contributed by atoms with Gasteiger partial charge < -0.3 is 15.4 Å². The highest BCUT2D eigenvalue weighted by atomic mass is 16.6. The average molecular weight is 540 g/mol. The van der Waals surface area contributed by atoms with Gasteiger partial charge in [0.25, 0.3) is 11.8 Å². The third-order valence-electron chi connectivity index (χ3n) is 6.29. The lowest BCUT2D eigenvalue weighted by Gasteiger charge is -2.31. The summed E-state index contributed by atoms with van der Waals surface area (Å²) in [6.07, 6.45) is 5.35. The van der Waals surface area contributed by atoms with E-state index in [1.807, 2.05) is 87.5 Å². The molecule has 0 saturated heterocycles. The summed E-state index contributed by atoms with van der Waals surface area (Å²) < 4.78 is 5.44. The van der Waals surface area contributed by atoms with Crippen molar-refractivity contribution < 1.29 is 19.1 Å². The second kappa shape index (κ2) is 13.0. The topological polar surface area (TPSA) is 87.7 Å². The van der Waals surface area contributed by atoms with Gasteiger partial charge in [-0.1, -0.05) is 78.7 Å². The summed E-state index contributed by atoms with van der Waals surface area (Å²) in [5.74, 6) is -1.08. The molecule has 0 bridgehead atoms. The van der Waals surface area contributed by atoms with Crippen LogP contribution in [0.4, 0.5) is 10.5 Å². The molecule has 40 heavy (non-hydrogen) atoms. The molecule has 0 aliphatic carbocycles. The lowest BCUT2D eigenvalue weighted by atomic mass is 9.95. The summed E-state index contributed by atoms with van der Waals surface area (Å²) in [6.45, 7) is 10.9. The summed E-state index contributed by atoms with van der Waals surface area (Å²) in [5.41, 5.74) is 3.80. The maximum Gasteiger partial charge on any atom is 0.408 e. The molecule has 0 spiro atoms. The van der Waals surface area contributed by atoms with Crippen LogP contribution in [-0.2, 0) is 20.7 Å². The van der Waals surface area contributed by atoms with Crippen molar-refractivity contribution in [2.45, 2.75) is 65.6 Å². The summed E-state index contributed by atoms with van der Waals surface area (Å²) in [6, 6.07) is 22.5. The number of carbonyl (C=O) groups excluding carboxylic acids is 3. The van der Waals surface area contributed by atoms with Gasteiger partial charge in [-0.25, -0.2) is 4.79 Å². The van der Waals surface area contributed by atoms with E-state index in [9.17, 15) is 14.4 Å². The van der Waals surface area contributed by atoms with E-state index in [1.165, 1.54) is 0 Å². The van der Waals surface area contributed by atoms with Crippen molar-refractivity contribution in [1.82, 2.24) is 10.2 Å². The van der Waals surface area contributed by atoms with E-state index in [-0.39, 0.29) is 6.42 Å². The molecule has 0 aliphatic heterocycles. The zero-order chi connectivity index (χ0) is 29.4. The molecule has 7 heteroatoms. The Labute approximate surface area is 236 Å². The van der Waals surface area contributed by atoms with Crippen molar-refractivity contribution >= 4 is 23.6 Å². The molecule has 2 unspecified atom stereocenters. The van der Waals surface area contributed by atoms with Gasteiger partial charge in [-0.2, -0.15) is 0 Å². The fourth-order valence-electron chi connectivity index (χ4n) is 4.30. The van der Waals surface area contributed by atoms with Gasteiger partial charge in [-0.3, -0.25) is 14.5 Å². The number of hydrogen-bond donors (Lipinski definition) is 2. The van der Waals surface area contributed by atoms with Crippen molar-refractivity contribution in [1.29, 1.82) is 0 Å². The SMILES string of the molecule is C#CN(C(=O)C(Cc1ccccc1)NC(=O)OC(C)(C)C)C(C(=O)Nc1ccccc1C)c1cc(C)ccc1C. The van der Waals surface area contributed by atoms with Crippen LogP contribution in [-0.4, -0.2) is 34.5 Å². The van der Waals surface area contributed by atoms with Crippen LogP contribution in [0.5, 0.6) is 0 Å². The normalized spacial score (nSPS) is 12.4. The Balaban J connectivity index is 2.05. The Morgan fingerprint density at radius 1 is 0.925 bits per heavy atom. The lowest BCUT2D eigenvalue weighted by Crippen LogP contribution is -2.52. The predicted molar refractivity (Wildman–Crippen MR) is 157 cm³/mol. The number of nitrogens with zero attached hydrogens (tertiary/aromatic N) is 1. The van der Waals surface area contributed by atoms with Crippen LogP contribution in [0.3, 0.4) is 0 Å². The molecular formula is C33H37N3O4. The van der Waals surface area contributed by atoms with Crippen molar-refractivity contribution in [3.63, 3.8) is 0 Å². The molecule has 0 fully saturated rings. The van der Waals surface area contributed by atoms with Gasteiger partial charge in [-0.15, -0.1) is 0 Å². The molecule has 3 aromatic rings. The number of para-hydroxylation sites is 1. The van der Waals surface area contributed by atoms with Crippen LogP contribution in [0.1, 0.15) is 54.6 Å². The Morgan fingerprint density at radius 3 is 2.20 bits per heavy atom. The number of benzene rings is 3. The van der Waals surface area contributed by atoms with Gasteiger partial charge in [0.05, 0.1) is 0 Å². The Morgan fingerprint density at radius 2 is 1.57 bits per heavy atom. The first-order valence-electron chi connectivity index (χ1n) is 13.2. The minimum atomic E-state index is -1.16. The Kier molecular flexibility index (Phi) is 9.73. The van der Waals surface area contributed by atoms with E-state index in [1.54, 1.807) is 26.8 Å². The minimum Gasteiger partial charge on any atom is -0.444 e. The fraction of sp³-hybridized carbons (Fsp3) is 0.303. The van der Waals surface area contributed by atoms with Crippen LogP contribution in [0.2, 0.25) is 0 Å². The Hall–Kier alpha value is -4.57. The monoisotopic (exact) mass is 539 g/mol. The predicted octanol–water partition coefficient (Wildman–Crippen LogP) is 5.85. The van der Waals surface area contributed by atoms with Gasteiger partial charge in [0.1, 0.15) is 17.7 Å². The standard InChI is InChI=1S/C33H37N3O4/c1-8-36(31(38)28(21-25-15-10-9-11-16-25)35-32(39)40-33(5,6)7)29(26-20-22(2)18-19-23(26)3)30(37)34-27-17-13-12-14-24(27)4/h1,9-20,28-29H,21H2,2-7H3,(H,34,37)(H,35,39). The Bertz CT molecular complexity index is 1400. The molecule has 0 heterocycles. The second-order valence-corrected chi connectivity index (χ2v) is 10.8. The first-order chi connectivity index (χ1) is 18.9. The second-order valence-electron chi connectivity index (χ2n) is 10.8. The zero-order valence-corrected chi connectivity index (χ0v) is 23.9. The number of carbonyl (C=O) groups is 3. The summed E-state index contributed by atoms with van der Waals surface area (Å²) in [4.78, 5) is 41.9. The van der Waals surface area contributed by atoms with E-state index in [4.69, 9.17) is 11.2 Å². The van der Waals surface area contributed by atoms with Crippen molar-refractivity contribution in [3.05, 3.63) is 101 Å². The number of alkyl carbamates (subject to hydrolysis) is 1. The van der Waals surface area contributed by atoms with Crippen molar-refractivity contribution in [3.8, 4) is 12.5 Å². The molecule has 3 aromatic carbocycles. The van der Waals surface area contributed by atoms with Crippen LogP contribution in [0.25, 0.3) is 0 Å². The summed E-state index contributed by atoms with van der Waals surface area (Å²) in [7, 11) is 0. The number of anilines is 1. The third-order valence-corrected chi connectivity index (χ3v) is 6.29. The number of amides is 3. The van der Waals surface area contributed by atoms with Crippen molar-refractivity contribution in [2.75, 3.05) is 5.32 Å².